The normalized spacial score (nSPS) is 19.7. The molecule has 0 radical (unpaired) electrons. The summed E-state index contributed by atoms with van der Waals surface area (Å²) in [6.45, 7) is 1.26. The minimum atomic E-state index is -4.71. The largest absolute Gasteiger partial charge is 0.429 e. The van der Waals surface area contributed by atoms with Crippen LogP contribution in [0.2, 0.25) is 0 Å². The van der Waals surface area contributed by atoms with Crippen LogP contribution < -0.4 is 9.47 Å². The SMILES string of the molecule is CC1CCC(C(F)(F)Oc2ccc(C(F)(F)Oc3cc(F)c(F)c(F)c3)c(F)c2F)CO1. The van der Waals surface area contributed by atoms with E-state index in [2.05, 4.69) is 9.47 Å². The van der Waals surface area contributed by atoms with Crippen molar-refractivity contribution in [2.24, 2.45) is 5.92 Å². The van der Waals surface area contributed by atoms with Gasteiger partial charge in [0.25, 0.3) is 0 Å². The standard InChI is InChI=1S/C20H15F9O3/c1-9-2-3-10(8-30-9)19(26,27)32-15-5-4-12(16(23)18(15)25)20(28,29)31-11-6-13(21)17(24)14(22)7-11/h4-7,9-10H,2-3,8H2,1H3. The van der Waals surface area contributed by atoms with Gasteiger partial charge in [-0.25, -0.2) is 17.6 Å². The summed E-state index contributed by atoms with van der Waals surface area (Å²) in [7, 11) is 0. The number of hydrogen-bond donors (Lipinski definition) is 0. The zero-order valence-corrected chi connectivity index (χ0v) is 16.2. The van der Waals surface area contributed by atoms with Crippen LogP contribution in [0.4, 0.5) is 39.5 Å². The molecular weight excluding hydrogens is 459 g/mol. The number of ether oxygens (including phenoxy) is 3. The molecule has 3 rings (SSSR count). The zero-order valence-electron chi connectivity index (χ0n) is 16.2. The molecule has 2 aromatic carbocycles. The lowest BCUT2D eigenvalue weighted by atomic mass is 9.98. The Morgan fingerprint density at radius 1 is 0.844 bits per heavy atom. The molecule has 1 aliphatic heterocycles. The van der Waals surface area contributed by atoms with Crippen LogP contribution in [0.25, 0.3) is 0 Å². The van der Waals surface area contributed by atoms with Gasteiger partial charge in [-0.05, 0) is 31.9 Å². The van der Waals surface area contributed by atoms with Crippen LogP contribution in [0.5, 0.6) is 11.5 Å². The molecule has 1 aliphatic rings. The summed E-state index contributed by atoms with van der Waals surface area (Å²) in [4.78, 5) is 0. The lowest BCUT2D eigenvalue weighted by Gasteiger charge is -2.32. The van der Waals surface area contributed by atoms with Crippen LogP contribution in [-0.2, 0) is 10.8 Å². The first-order valence-electron chi connectivity index (χ1n) is 9.20. The molecule has 12 heteroatoms. The minimum absolute atomic E-state index is 0.0347. The molecule has 0 amide bonds. The Hall–Kier alpha value is -2.63. The lowest BCUT2D eigenvalue weighted by molar-refractivity contribution is -0.241. The fourth-order valence-corrected chi connectivity index (χ4v) is 3.01. The van der Waals surface area contributed by atoms with E-state index in [1.165, 1.54) is 0 Å². The van der Waals surface area contributed by atoms with E-state index in [4.69, 9.17) is 4.74 Å². The van der Waals surface area contributed by atoms with Gasteiger partial charge in [-0.2, -0.15) is 22.0 Å². The van der Waals surface area contributed by atoms with Crippen LogP contribution in [-0.4, -0.2) is 18.8 Å². The van der Waals surface area contributed by atoms with Crippen molar-refractivity contribution >= 4 is 0 Å². The number of rotatable bonds is 6. The molecule has 1 heterocycles. The molecule has 0 aromatic heterocycles. The first kappa shape index (κ1) is 24.0. The van der Waals surface area contributed by atoms with Crippen molar-refractivity contribution in [1.82, 2.24) is 0 Å². The van der Waals surface area contributed by atoms with Crippen LogP contribution in [0.3, 0.4) is 0 Å². The van der Waals surface area contributed by atoms with Gasteiger partial charge in [-0.1, -0.05) is 0 Å². The number of hydrogen-bond acceptors (Lipinski definition) is 3. The van der Waals surface area contributed by atoms with Gasteiger partial charge in [0.15, 0.2) is 29.0 Å². The second-order valence-electron chi connectivity index (χ2n) is 7.14. The van der Waals surface area contributed by atoms with Crippen molar-refractivity contribution in [2.45, 2.75) is 38.1 Å². The molecule has 1 fully saturated rings. The number of benzene rings is 2. The quantitative estimate of drug-likeness (QED) is 0.364. The Morgan fingerprint density at radius 2 is 1.47 bits per heavy atom. The summed E-state index contributed by atoms with van der Waals surface area (Å²) in [6, 6.07) is 0.661. The third-order valence-electron chi connectivity index (χ3n) is 4.79. The van der Waals surface area contributed by atoms with Crippen LogP contribution >= 0.6 is 0 Å². The van der Waals surface area contributed by atoms with Gasteiger partial charge in [-0.15, -0.1) is 0 Å². The van der Waals surface area contributed by atoms with Crippen molar-refractivity contribution in [3.8, 4) is 11.5 Å². The van der Waals surface area contributed by atoms with E-state index in [9.17, 15) is 39.5 Å². The van der Waals surface area contributed by atoms with Crippen molar-refractivity contribution in [1.29, 1.82) is 0 Å². The second kappa shape index (κ2) is 8.72. The van der Waals surface area contributed by atoms with Crippen LogP contribution in [0.1, 0.15) is 25.3 Å². The third kappa shape index (κ3) is 4.89. The maximum atomic E-state index is 14.3. The highest BCUT2D eigenvalue weighted by Gasteiger charge is 2.46. The number of halogens is 9. The summed E-state index contributed by atoms with van der Waals surface area (Å²) >= 11 is 0. The molecule has 0 aliphatic carbocycles. The number of alkyl halides is 4. The fraction of sp³-hybridized carbons (Fsp3) is 0.400. The van der Waals surface area contributed by atoms with Gasteiger partial charge in [0.1, 0.15) is 11.3 Å². The molecule has 0 spiro atoms. The summed E-state index contributed by atoms with van der Waals surface area (Å²) in [5, 5.41) is 0. The van der Waals surface area contributed by atoms with E-state index in [0.29, 0.717) is 6.07 Å². The van der Waals surface area contributed by atoms with Crippen molar-refractivity contribution in [3.05, 3.63) is 58.9 Å². The molecule has 0 bridgehead atoms. The van der Waals surface area contributed by atoms with Gasteiger partial charge >= 0.3 is 12.2 Å². The first-order valence-corrected chi connectivity index (χ1v) is 9.20. The smallest absolute Gasteiger partial charge is 0.429 e. The average molecular weight is 474 g/mol. The van der Waals surface area contributed by atoms with Crippen molar-refractivity contribution in [3.63, 3.8) is 0 Å². The van der Waals surface area contributed by atoms with Crippen molar-refractivity contribution in [2.75, 3.05) is 6.61 Å². The average Bonchev–Trinajstić information content (AvgIpc) is 2.69. The zero-order chi connectivity index (χ0) is 23.8. The van der Waals surface area contributed by atoms with E-state index < -0.39 is 70.9 Å². The molecule has 176 valence electrons. The van der Waals surface area contributed by atoms with Crippen LogP contribution in [0, 0.1) is 35.0 Å². The van der Waals surface area contributed by atoms with Gasteiger partial charge in [0.2, 0.25) is 5.82 Å². The molecule has 0 N–H and O–H groups in total. The Balaban J connectivity index is 1.83. The van der Waals surface area contributed by atoms with Gasteiger partial charge in [0, 0.05) is 12.1 Å². The first-order chi connectivity index (χ1) is 14.8. The van der Waals surface area contributed by atoms with E-state index in [-0.39, 0.29) is 37.1 Å². The Morgan fingerprint density at radius 3 is 2.03 bits per heavy atom. The monoisotopic (exact) mass is 474 g/mol. The van der Waals surface area contributed by atoms with Gasteiger partial charge in [0.05, 0.1) is 18.6 Å². The molecule has 32 heavy (non-hydrogen) atoms. The Kier molecular flexibility index (Phi) is 6.55. The summed E-state index contributed by atoms with van der Waals surface area (Å²) in [5.74, 6) is -14.2. The highest BCUT2D eigenvalue weighted by Crippen LogP contribution is 2.40. The predicted molar refractivity (Wildman–Crippen MR) is 90.9 cm³/mol. The van der Waals surface area contributed by atoms with E-state index in [0.717, 1.165) is 0 Å². The van der Waals surface area contributed by atoms with Crippen LogP contribution in [0.15, 0.2) is 24.3 Å². The molecule has 2 atom stereocenters. The fourth-order valence-electron chi connectivity index (χ4n) is 3.01. The Labute approximate surface area is 175 Å². The highest BCUT2D eigenvalue weighted by atomic mass is 19.3. The maximum absolute atomic E-state index is 14.3. The topological polar surface area (TPSA) is 27.7 Å². The molecule has 1 saturated heterocycles. The molecule has 2 unspecified atom stereocenters. The second-order valence-corrected chi connectivity index (χ2v) is 7.14. The third-order valence-corrected chi connectivity index (χ3v) is 4.79. The molecular formula is C20H15F9O3. The van der Waals surface area contributed by atoms with Gasteiger partial charge < -0.3 is 14.2 Å². The van der Waals surface area contributed by atoms with E-state index >= 15 is 0 Å². The molecule has 0 saturated carbocycles. The predicted octanol–water partition coefficient (Wildman–Crippen LogP) is 6.30. The molecule has 3 nitrogen and oxygen atoms in total. The van der Waals surface area contributed by atoms with Gasteiger partial charge in [-0.3, -0.25) is 0 Å². The van der Waals surface area contributed by atoms with Crippen molar-refractivity contribution < 1.29 is 53.7 Å². The van der Waals surface area contributed by atoms with E-state index in [1.807, 2.05) is 0 Å². The lowest BCUT2D eigenvalue weighted by Crippen LogP contribution is -2.41. The molecule has 2 aromatic rings. The highest BCUT2D eigenvalue weighted by molar-refractivity contribution is 5.34. The summed E-state index contributed by atoms with van der Waals surface area (Å²) in [5.41, 5.74) is -1.77. The maximum Gasteiger partial charge on any atom is 0.429 e. The summed E-state index contributed by atoms with van der Waals surface area (Å²) < 4.78 is 138. The minimum Gasteiger partial charge on any atom is -0.429 e. The summed E-state index contributed by atoms with van der Waals surface area (Å²) in [6.07, 6.45) is -8.73. The van der Waals surface area contributed by atoms with E-state index in [1.54, 1.807) is 6.92 Å². The Bertz CT molecular complexity index is 966.